The summed E-state index contributed by atoms with van der Waals surface area (Å²) >= 11 is 0. The average molecular weight is 265 g/mol. The number of ether oxygens (including phenoxy) is 1. The Balaban J connectivity index is 2.55. The van der Waals surface area contributed by atoms with Crippen LogP contribution in [-0.4, -0.2) is 24.2 Å². The van der Waals surface area contributed by atoms with Gasteiger partial charge in [-0.05, 0) is 31.9 Å². The molecule has 1 aromatic rings. The third-order valence-electron chi connectivity index (χ3n) is 3.04. The molecule has 0 fully saturated rings. The summed E-state index contributed by atoms with van der Waals surface area (Å²) in [5.74, 6) is -0.789. The molecule has 0 spiro atoms. The van der Waals surface area contributed by atoms with Crippen LogP contribution in [0.25, 0.3) is 0 Å². The van der Waals surface area contributed by atoms with Gasteiger partial charge in [0.2, 0.25) is 0 Å². The first-order valence-electron chi connectivity index (χ1n) is 6.56. The van der Waals surface area contributed by atoms with Crippen molar-refractivity contribution in [3.63, 3.8) is 0 Å². The number of rotatable bonds is 8. The molecular weight excluding hydrogens is 242 g/mol. The molecule has 19 heavy (non-hydrogen) atoms. The SMILES string of the molecule is CCOCc1ccccc1CNCC(C)(C)C(=O)O. The largest absolute Gasteiger partial charge is 0.481 e. The number of carbonyl (C=O) groups is 1. The summed E-state index contributed by atoms with van der Waals surface area (Å²) in [6.07, 6.45) is 0. The zero-order valence-electron chi connectivity index (χ0n) is 11.9. The van der Waals surface area contributed by atoms with E-state index < -0.39 is 11.4 Å². The Morgan fingerprint density at radius 1 is 1.32 bits per heavy atom. The lowest BCUT2D eigenvalue weighted by atomic mass is 9.94. The predicted octanol–water partition coefficient (Wildman–Crippen LogP) is 2.42. The highest BCUT2D eigenvalue weighted by Crippen LogP contribution is 2.15. The molecule has 1 aromatic carbocycles. The highest BCUT2D eigenvalue weighted by Gasteiger charge is 2.26. The standard InChI is InChI=1S/C15H23NO3/c1-4-19-10-13-8-6-5-7-12(13)9-16-11-15(2,3)14(17)18/h5-8,16H,4,9-11H2,1-3H3,(H,17,18). The van der Waals surface area contributed by atoms with Crippen molar-refractivity contribution in [1.82, 2.24) is 5.32 Å². The van der Waals surface area contributed by atoms with E-state index >= 15 is 0 Å². The van der Waals surface area contributed by atoms with E-state index in [-0.39, 0.29) is 0 Å². The Morgan fingerprint density at radius 3 is 2.53 bits per heavy atom. The van der Waals surface area contributed by atoms with Gasteiger partial charge in [0.1, 0.15) is 0 Å². The highest BCUT2D eigenvalue weighted by molar-refractivity contribution is 5.73. The second kappa shape index (κ2) is 7.26. The molecule has 0 heterocycles. The first kappa shape index (κ1) is 15.7. The van der Waals surface area contributed by atoms with Crippen molar-refractivity contribution in [3.8, 4) is 0 Å². The topological polar surface area (TPSA) is 58.6 Å². The summed E-state index contributed by atoms with van der Waals surface area (Å²) in [7, 11) is 0. The quantitative estimate of drug-likeness (QED) is 0.758. The van der Waals surface area contributed by atoms with Crippen molar-refractivity contribution in [2.75, 3.05) is 13.2 Å². The van der Waals surface area contributed by atoms with Gasteiger partial charge in [-0.25, -0.2) is 0 Å². The molecule has 0 aromatic heterocycles. The summed E-state index contributed by atoms with van der Waals surface area (Å²) in [6.45, 7) is 7.77. The molecule has 0 unspecified atom stereocenters. The molecule has 0 saturated carbocycles. The Hall–Kier alpha value is -1.39. The van der Waals surface area contributed by atoms with Crippen LogP contribution in [0.1, 0.15) is 31.9 Å². The van der Waals surface area contributed by atoms with Crippen molar-refractivity contribution >= 4 is 5.97 Å². The van der Waals surface area contributed by atoms with E-state index in [1.807, 2.05) is 31.2 Å². The number of hydrogen-bond donors (Lipinski definition) is 2. The number of carboxylic acids is 1. The molecule has 0 radical (unpaired) electrons. The molecular formula is C15H23NO3. The number of hydrogen-bond acceptors (Lipinski definition) is 3. The molecule has 0 aliphatic heterocycles. The minimum Gasteiger partial charge on any atom is -0.481 e. The van der Waals surface area contributed by atoms with E-state index in [2.05, 4.69) is 5.32 Å². The zero-order chi connectivity index (χ0) is 14.3. The third-order valence-corrected chi connectivity index (χ3v) is 3.04. The van der Waals surface area contributed by atoms with Crippen LogP contribution >= 0.6 is 0 Å². The Labute approximate surface area is 114 Å². The van der Waals surface area contributed by atoms with Crippen LogP contribution in [0.3, 0.4) is 0 Å². The minimum atomic E-state index is -0.789. The monoisotopic (exact) mass is 265 g/mol. The average Bonchev–Trinajstić information content (AvgIpc) is 2.37. The van der Waals surface area contributed by atoms with Gasteiger partial charge >= 0.3 is 5.97 Å². The van der Waals surface area contributed by atoms with Crippen molar-refractivity contribution in [2.24, 2.45) is 5.41 Å². The van der Waals surface area contributed by atoms with Crippen LogP contribution in [0, 0.1) is 5.41 Å². The number of benzene rings is 1. The van der Waals surface area contributed by atoms with Gasteiger partial charge in [-0.3, -0.25) is 4.79 Å². The van der Waals surface area contributed by atoms with Gasteiger partial charge < -0.3 is 15.2 Å². The fraction of sp³-hybridized carbons (Fsp3) is 0.533. The summed E-state index contributed by atoms with van der Waals surface area (Å²) < 4.78 is 5.42. The summed E-state index contributed by atoms with van der Waals surface area (Å²) in [6, 6.07) is 8.04. The molecule has 4 heteroatoms. The third kappa shape index (κ3) is 5.01. The van der Waals surface area contributed by atoms with Crippen LogP contribution in [0.5, 0.6) is 0 Å². The molecule has 106 valence electrons. The van der Waals surface area contributed by atoms with Gasteiger partial charge in [-0.1, -0.05) is 24.3 Å². The maximum absolute atomic E-state index is 11.0. The maximum Gasteiger partial charge on any atom is 0.310 e. The molecule has 0 aliphatic rings. The molecule has 1 rings (SSSR count). The zero-order valence-corrected chi connectivity index (χ0v) is 11.9. The number of nitrogens with one attached hydrogen (secondary N) is 1. The van der Waals surface area contributed by atoms with Gasteiger partial charge in [0.15, 0.2) is 0 Å². The van der Waals surface area contributed by atoms with Gasteiger partial charge in [-0.15, -0.1) is 0 Å². The summed E-state index contributed by atoms with van der Waals surface area (Å²) in [4.78, 5) is 11.0. The van der Waals surface area contributed by atoms with Crippen LogP contribution in [0.4, 0.5) is 0 Å². The van der Waals surface area contributed by atoms with Crippen LogP contribution < -0.4 is 5.32 Å². The van der Waals surface area contributed by atoms with E-state index in [9.17, 15) is 4.79 Å². The van der Waals surface area contributed by atoms with Crippen molar-refractivity contribution in [2.45, 2.75) is 33.9 Å². The molecule has 0 amide bonds. The fourth-order valence-corrected chi connectivity index (χ4v) is 1.67. The lowest BCUT2D eigenvalue weighted by Crippen LogP contribution is -2.35. The maximum atomic E-state index is 11.0. The number of aliphatic carboxylic acids is 1. The highest BCUT2D eigenvalue weighted by atomic mass is 16.5. The Kier molecular flexibility index (Phi) is 5.99. The predicted molar refractivity (Wildman–Crippen MR) is 74.9 cm³/mol. The van der Waals surface area contributed by atoms with Crippen LogP contribution in [0.15, 0.2) is 24.3 Å². The van der Waals surface area contributed by atoms with Crippen LogP contribution in [-0.2, 0) is 22.7 Å². The second-order valence-corrected chi connectivity index (χ2v) is 5.20. The van der Waals surface area contributed by atoms with Crippen LogP contribution in [0.2, 0.25) is 0 Å². The first-order valence-corrected chi connectivity index (χ1v) is 6.56. The Bertz CT molecular complexity index is 416. The molecule has 0 saturated heterocycles. The van der Waals surface area contributed by atoms with E-state index in [4.69, 9.17) is 9.84 Å². The Morgan fingerprint density at radius 2 is 1.95 bits per heavy atom. The molecule has 2 N–H and O–H groups in total. The minimum absolute atomic E-state index is 0.436. The van der Waals surface area contributed by atoms with Gasteiger partial charge in [0.25, 0.3) is 0 Å². The van der Waals surface area contributed by atoms with Crippen molar-refractivity contribution in [1.29, 1.82) is 0 Å². The first-order chi connectivity index (χ1) is 8.97. The fourth-order valence-electron chi connectivity index (χ4n) is 1.67. The molecule has 4 nitrogen and oxygen atoms in total. The lowest BCUT2D eigenvalue weighted by molar-refractivity contribution is -0.146. The number of carboxylic acid groups (broad SMARTS) is 1. The second-order valence-electron chi connectivity index (χ2n) is 5.20. The molecule has 0 bridgehead atoms. The molecule has 0 atom stereocenters. The normalized spacial score (nSPS) is 11.5. The molecule has 0 aliphatic carbocycles. The summed E-state index contributed by atoms with van der Waals surface area (Å²) in [5, 5.41) is 12.3. The van der Waals surface area contributed by atoms with Gasteiger partial charge in [0, 0.05) is 19.7 Å². The smallest absolute Gasteiger partial charge is 0.310 e. The van der Waals surface area contributed by atoms with Crippen molar-refractivity contribution in [3.05, 3.63) is 35.4 Å². The van der Waals surface area contributed by atoms with Gasteiger partial charge in [-0.2, -0.15) is 0 Å². The van der Waals surface area contributed by atoms with E-state index in [1.165, 1.54) is 0 Å². The lowest BCUT2D eigenvalue weighted by Gasteiger charge is -2.20. The van der Waals surface area contributed by atoms with Crippen molar-refractivity contribution < 1.29 is 14.6 Å². The van der Waals surface area contributed by atoms with E-state index in [0.29, 0.717) is 26.3 Å². The van der Waals surface area contributed by atoms with Gasteiger partial charge in [0.05, 0.1) is 12.0 Å². The van der Waals surface area contributed by atoms with E-state index in [0.717, 1.165) is 11.1 Å². The summed E-state index contributed by atoms with van der Waals surface area (Å²) in [5.41, 5.74) is 1.54. The van der Waals surface area contributed by atoms with E-state index in [1.54, 1.807) is 13.8 Å².